The Morgan fingerprint density at radius 3 is 2.88 bits per heavy atom. The number of rotatable bonds is 3. The van der Waals surface area contributed by atoms with Crippen LogP contribution in [-0.4, -0.2) is 54.9 Å². The first-order valence-electron chi connectivity index (χ1n) is 5.37. The molecule has 0 aromatic rings. The number of carbonyl (C=O) groups is 1. The molecular weight excluding hydrogens is 228 g/mol. The first-order chi connectivity index (χ1) is 8.04. The monoisotopic (exact) mass is 243 g/mol. The van der Waals surface area contributed by atoms with Crippen molar-refractivity contribution in [1.29, 1.82) is 5.26 Å². The van der Waals surface area contributed by atoms with Gasteiger partial charge in [0.1, 0.15) is 0 Å². The molecule has 6 heteroatoms. The van der Waals surface area contributed by atoms with Gasteiger partial charge in [0.05, 0.1) is 18.5 Å². The maximum absolute atomic E-state index is 12.0. The van der Waals surface area contributed by atoms with Crippen LogP contribution in [0.15, 0.2) is 12.2 Å². The number of carbonyl (C=O) groups excluding carboxylic acids is 1. The van der Waals surface area contributed by atoms with E-state index in [9.17, 15) is 13.6 Å². The quantitative estimate of drug-likeness (QED) is 0.691. The number of allylic oxidation sites excluding steroid dienone is 1. The Hall–Kier alpha value is -1.48. The van der Waals surface area contributed by atoms with Crippen LogP contribution >= 0.6 is 0 Å². The molecule has 1 atom stereocenters. The van der Waals surface area contributed by atoms with Crippen molar-refractivity contribution in [1.82, 2.24) is 9.80 Å². The van der Waals surface area contributed by atoms with Gasteiger partial charge in [0.25, 0.3) is 6.43 Å². The van der Waals surface area contributed by atoms with E-state index < -0.39 is 12.3 Å². The first kappa shape index (κ1) is 13.6. The van der Waals surface area contributed by atoms with Gasteiger partial charge in [-0.05, 0) is 13.1 Å². The molecule has 1 fully saturated rings. The van der Waals surface area contributed by atoms with E-state index in [4.69, 9.17) is 5.26 Å². The number of halogens is 2. The van der Waals surface area contributed by atoms with Gasteiger partial charge in [-0.3, -0.25) is 4.79 Å². The minimum atomic E-state index is -2.62. The van der Waals surface area contributed by atoms with Crippen LogP contribution < -0.4 is 0 Å². The topological polar surface area (TPSA) is 47.3 Å². The second-order valence-electron chi connectivity index (χ2n) is 4.00. The number of hydrogen-bond donors (Lipinski definition) is 0. The molecule has 1 saturated heterocycles. The van der Waals surface area contributed by atoms with Crippen molar-refractivity contribution in [3.63, 3.8) is 0 Å². The summed E-state index contributed by atoms with van der Waals surface area (Å²) in [6.07, 6.45) is -0.941. The Kier molecular flexibility index (Phi) is 5.04. The van der Waals surface area contributed by atoms with Crippen molar-refractivity contribution < 1.29 is 13.6 Å². The van der Waals surface area contributed by atoms with Gasteiger partial charge in [-0.2, -0.15) is 5.26 Å². The Morgan fingerprint density at radius 2 is 2.29 bits per heavy atom. The summed E-state index contributed by atoms with van der Waals surface area (Å²) >= 11 is 0. The average Bonchev–Trinajstić information content (AvgIpc) is 2.26. The molecule has 4 nitrogen and oxygen atoms in total. The van der Waals surface area contributed by atoms with E-state index in [1.54, 1.807) is 0 Å². The third-order valence-electron chi connectivity index (χ3n) is 2.68. The summed E-state index contributed by atoms with van der Waals surface area (Å²) in [6.45, 7) is 1.76. The fourth-order valence-corrected chi connectivity index (χ4v) is 1.83. The predicted molar refractivity (Wildman–Crippen MR) is 58.4 cm³/mol. The molecule has 0 aliphatic carbocycles. The van der Waals surface area contributed by atoms with Crippen molar-refractivity contribution in [3.05, 3.63) is 12.2 Å². The number of hydrogen-bond acceptors (Lipinski definition) is 3. The van der Waals surface area contributed by atoms with E-state index in [-0.39, 0.29) is 12.5 Å². The molecule has 0 bridgehead atoms. The van der Waals surface area contributed by atoms with Gasteiger partial charge in [0.15, 0.2) is 0 Å². The standard InChI is InChI=1S/C11H15F2N3O/c1-15-6-7-16(9(8-15)4-5-14)11(17)3-2-10(12)13/h2-3,9-10H,4,6-8H2,1H3/b3-2+/t9-/m0/s1. The van der Waals surface area contributed by atoms with Gasteiger partial charge in [-0.1, -0.05) is 0 Å². The summed E-state index contributed by atoms with van der Waals surface area (Å²) in [6, 6.07) is 1.80. The van der Waals surface area contributed by atoms with E-state index in [2.05, 4.69) is 0 Å². The van der Waals surface area contributed by atoms with Crippen LogP contribution in [0.25, 0.3) is 0 Å². The van der Waals surface area contributed by atoms with Crippen molar-refractivity contribution in [2.45, 2.75) is 18.9 Å². The summed E-state index contributed by atoms with van der Waals surface area (Å²) < 4.78 is 23.9. The van der Waals surface area contributed by atoms with E-state index >= 15 is 0 Å². The van der Waals surface area contributed by atoms with Gasteiger partial charge in [0, 0.05) is 25.7 Å². The lowest BCUT2D eigenvalue weighted by molar-refractivity contribution is -0.130. The number of amides is 1. The largest absolute Gasteiger partial charge is 0.333 e. The summed E-state index contributed by atoms with van der Waals surface area (Å²) in [5.41, 5.74) is 0. The third kappa shape index (κ3) is 4.11. The van der Waals surface area contributed by atoms with Crippen molar-refractivity contribution >= 4 is 5.91 Å². The number of nitrogens with zero attached hydrogens (tertiary/aromatic N) is 3. The lowest BCUT2D eigenvalue weighted by Crippen LogP contribution is -2.53. The molecule has 1 heterocycles. The van der Waals surface area contributed by atoms with Gasteiger partial charge >= 0.3 is 0 Å². The van der Waals surface area contributed by atoms with E-state index in [0.717, 1.165) is 6.08 Å². The highest BCUT2D eigenvalue weighted by Gasteiger charge is 2.27. The second kappa shape index (κ2) is 6.30. The zero-order valence-corrected chi connectivity index (χ0v) is 9.64. The Bertz CT molecular complexity index is 338. The van der Waals surface area contributed by atoms with Gasteiger partial charge in [-0.15, -0.1) is 0 Å². The van der Waals surface area contributed by atoms with Crippen LogP contribution in [0.3, 0.4) is 0 Å². The highest BCUT2D eigenvalue weighted by molar-refractivity contribution is 5.88. The molecular formula is C11H15F2N3O. The smallest absolute Gasteiger partial charge is 0.257 e. The molecule has 0 aromatic carbocycles. The molecule has 1 rings (SSSR count). The average molecular weight is 243 g/mol. The van der Waals surface area contributed by atoms with Crippen LogP contribution in [-0.2, 0) is 4.79 Å². The van der Waals surface area contributed by atoms with Gasteiger partial charge < -0.3 is 9.80 Å². The molecule has 1 aliphatic heterocycles. The summed E-state index contributed by atoms with van der Waals surface area (Å²) in [7, 11) is 1.90. The number of alkyl halides is 2. The van der Waals surface area contributed by atoms with Crippen LogP contribution in [0, 0.1) is 11.3 Å². The molecule has 1 amide bonds. The summed E-state index contributed by atoms with van der Waals surface area (Å²) in [4.78, 5) is 15.2. The van der Waals surface area contributed by atoms with E-state index in [1.807, 2.05) is 18.0 Å². The maximum atomic E-state index is 12.0. The molecule has 94 valence electrons. The molecule has 0 spiro atoms. The molecule has 0 radical (unpaired) electrons. The number of likely N-dealkylation sites (N-methyl/N-ethyl adjacent to an activating group) is 1. The number of nitriles is 1. The minimum absolute atomic E-state index is 0.214. The Labute approximate surface area is 99.1 Å². The fraction of sp³-hybridized carbons (Fsp3) is 0.636. The Morgan fingerprint density at radius 1 is 1.59 bits per heavy atom. The second-order valence-corrected chi connectivity index (χ2v) is 4.00. The predicted octanol–water partition coefficient (Wildman–Crippen LogP) is 0.864. The molecule has 17 heavy (non-hydrogen) atoms. The highest BCUT2D eigenvalue weighted by Crippen LogP contribution is 2.12. The molecule has 0 N–H and O–H groups in total. The van der Waals surface area contributed by atoms with E-state index in [1.165, 1.54) is 4.90 Å². The normalized spacial score (nSPS) is 22.1. The maximum Gasteiger partial charge on any atom is 0.257 e. The lowest BCUT2D eigenvalue weighted by Gasteiger charge is -2.38. The lowest BCUT2D eigenvalue weighted by atomic mass is 10.1. The van der Waals surface area contributed by atoms with E-state index in [0.29, 0.717) is 25.7 Å². The summed E-state index contributed by atoms with van der Waals surface area (Å²) in [5, 5.41) is 8.68. The molecule has 0 saturated carbocycles. The fourth-order valence-electron chi connectivity index (χ4n) is 1.83. The first-order valence-corrected chi connectivity index (χ1v) is 5.37. The highest BCUT2D eigenvalue weighted by atomic mass is 19.3. The van der Waals surface area contributed by atoms with Crippen LogP contribution in [0.2, 0.25) is 0 Å². The van der Waals surface area contributed by atoms with Crippen LogP contribution in [0.4, 0.5) is 8.78 Å². The van der Waals surface area contributed by atoms with Crippen molar-refractivity contribution in [3.8, 4) is 6.07 Å². The SMILES string of the molecule is CN1CCN(C(=O)/C=C/C(F)F)[C@@H](CC#N)C1. The molecule has 0 unspecified atom stereocenters. The van der Waals surface area contributed by atoms with Gasteiger partial charge in [-0.25, -0.2) is 8.78 Å². The molecule has 0 aromatic heterocycles. The number of piperazine rings is 1. The van der Waals surface area contributed by atoms with Crippen molar-refractivity contribution in [2.75, 3.05) is 26.7 Å². The third-order valence-corrected chi connectivity index (χ3v) is 2.68. The van der Waals surface area contributed by atoms with Crippen LogP contribution in [0.5, 0.6) is 0 Å². The van der Waals surface area contributed by atoms with Crippen molar-refractivity contribution in [2.24, 2.45) is 0 Å². The minimum Gasteiger partial charge on any atom is -0.333 e. The molecule has 1 aliphatic rings. The summed E-state index contributed by atoms with van der Waals surface area (Å²) in [5.74, 6) is -0.446. The zero-order valence-electron chi connectivity index (χ0n) is 9.64. The zero-order chi connectivity index (χ0) is 12.8. The van der Waals surface area contributed by atoms with Gasteiger partial charge in [0.2, 0.25) is 5.91 Å². The Balaban J connectivity index is 2.66. The van der Waals surface area contributed by atoms with Crippen LogP contribution in [0.1, 0.15) is 6.42 Å².